The number of amides is 1. The SMILES string of the molecule is CSCCCCCCNC(=O)[C@@H]1Cc2ccccc2N1. The molecule has 3 nitrogen and oxygen atoms in total. The second-order valence-electron chi connectivity index (χ2n) is 5.26. The Labute approximate surface area is 125 Å². The number of benzene rings is 1. The molecule has 1 aromatic rings. The van der Waals surface area contributed by atoms with Crippen molar-refractivity contribution in [2.24, 2.45) is 0 Å². The molecule has 2 rings (SSSR count). The van der Waals surface area contributed by atoms with Gasteiger partial charge in [0.05, 0.1) is 0 Å². The topological polar surface area (TPSA) is 41.1 Å². The molecule has 0 spiro atoms. The highest BCUT2D eigenvalue weighted by atomic mass is 32.2. The molecule has 1 aromatic carbocycles. The Kier molecular flexibility index (Phi) is 6.25. The summed E-state index contributed by atoms with van der Waals surface area (Å²) in [6, 6.07) is 8.05. The first-order valence-electron chi connectivity index (χ1n) is 7.42. The molecule has 0 bridgehead atoms. The van der Waals surface area contributed by atoms with Crippen LogP contribution in [0.25, 0.3) is 0 Å². The summed E-state index contributed by atoms with van der Waals surface area (Å²) in [5.41, 5.74) is 2.34. The van der Waals surface area contributed by atoms with Crippen molar-refractivity contribution in [2.45, 2.75) is 38.1 Å². The van der Waals surface area contributed by atoms with E-state index >= 15 is 0 Å². The zero-order valence-corrected chi connectivity index (χ0v) is 13.0. The predicted molar refractivity (Wildman–Crippen MR) is 87.4 cm³/mol. The van der Waals surface area contributed by atoms with Crippen LogP contribution >= 0.6 is 11.8 Å². The Balaban J connectivity index is 1.60. The molecular formula is C16H24N2OS. The number of thioether (sulfide) groups is 1. The second kappa shape index (κ2) is 8.20. The van der Waals surface area contributed by atoms with Crippen molar-refractivity contribution in [1.82, 2.24) is 5.32 Å². The number of unbranched alkanes of at least 4 members (excludes halogenated alkanes) is 3. The highest BCUT2D eigenvalue weighted by Gasteiger charge is 2.25. The molecule has 0 aromatic heterocycles. The number of hydrogen-bond acceptors (Lipinski definition) is 3. The van der Waals surface area contributed by atoms with Gasteiger partial charge in [-0.15, -0.1) is 0 Å². The molecule has 0 unspecified atom stereocenters. The Morgan fingerprint density at radius 1 is 1.30 bits per heavy atom. The van der Waals surface area contributed by atoms with Gasteiger partial charge in [-0.2, -0.15) is 11.8 Å². The van der Waals surface area contributed by atoms with E-state index in [0.717, 1.165) is 25.1 Å². The molecule has 20 heavy (non-hydrogen) atoms. The lowest BCUT2D eigenvalue weighted by molar-refractivity contribution is -0.121. The number of carbonyl (C=O) groups excluding carboxylic acids is 1. The van der Waals surface area contributed by atoms with Gasteiger partial charge in [0, 0.05) is 18.7 Å². The van der Waals surface area contributed by atoms with Gasteiger partial charge in [0.1, 0.15) is 6.04 Å². The summed E-state index contributed by atoms with van der Waals surface area (Å²) in [5.74, 6) is 1.38. The first-order valence-corrected chi connectivity index (χ1v) is 8.81. The molecule has 1 aliphatic rings. The first kappa shape index (κ1) is 15.2. The Morgan fingerprint density at radius 2 is 2.10 bits per heavy atom. The molecule has 1 amide bonds. The zero-order chi connectivity index (χ0) is 14.2. The van der Waals surface area contributed by atoms with Gasteiger partial charge in [-0.3, -0.25) is 4.79 Å². The van der Waals surface area contributed by atoms with E-state index in [1.54, 1.807) is 0 Å². The molecule has 0 aliphatic carbocycles. The Morgan fingerprint density at radius 3 is 2.90 bits per heavy atom. The number of hydrogen-bond donors (Lipinski definition) is 2. The van der Waals surface area contributed by atoms with Crippen LogP contribution < -0.4 is 10.6 Å². The third kappa shape index (κ3) is 4.44. The van der Waals surface area contributed by atoms with Gasteiger partial charge in [-0.25, -0.2) is 0 Å². The van der Waals surface area contributed by atoms with E-state index in [2.05, 4.69) is 23.0 Å². The first-order chi connectivity index (χ1) is 9.81. The maximum Gasteiger partial charge on any atom is 0.242 e. The summed E-state index contributed by atoms with van der Waals surface area (Å²) >= 11 is 1.90. The molecule has 1 atom stereocenters. The van der Waals surface area contributed by atoms with E-state index in [1.807, 2.05) is 30.0 Å². The minimum atomic E-state index is -0.0936. The summed E-state index contributed by atoms with van der Waals surface area (Å²) in [6.45, 7) is 0.798. The smallest absolute Gasteiger partial charge is 0.242 e. The summed E-state index contributed by atoms with van der Waals surface area (Å²) in [4.78, 5) is 12.1. The van der Waals surface area contributed by atoms with E-state index in [1.165, 1.54) is 30.6 Å². The fraction of sp³-hybridized carbons (Fsp3) is 0.562. The summed E-state index contributed by atoms with van der Waals surface area (Å²) < 4.78 is 0. The van der Waals surface area contributed by atoms with Crippen molar-refractivity contribution in [3.05, 3.63) is 29.8 Å². The van der Waals surface area contributed by atoms with E-state index in [0.29, 0.717) is 0 Å². The van der Waals surface area contributed by atoms with Crippen molar-refractivity contribution in [2.75, 3.05) is 23.9 Å². The van der Waals surface area contributed by atoms with Crippen LogP contribution in [0.3, 0.4) is 0 Å². The normalized spacial score (nSPS) is 16.6. The summed E-state index contributed by atoms with van der Waals surface area (Å²) in [5, 5.41) is 6.33. The molecule has 0 radical (unpaired) electrons. The fourth-order valence-electron chi connectivity index (χ4n) is 2.52. The monoisotopic (exact) mass is 292 g/mol. The highest BCUT2D eigenvalue weighted by Crippen LogP contribution is 2.24. The average molecular weight is 292 g/mol. The van der Waals surface area contributed by atoms with Crippen LogP contribution in [-0.2, 0) is 11.2 Å². The van der Waals surface area contributed by atoms with E-state index in [9.17, 15) is 4.79 Å². The van der Waals surface area contributed by atoms with Gasteiger partial charge in [-0.05, 0) is 36.5 Å². The second-order valence-corrected chi connectivity index (χ2v) is 6.24. The molecule has 0 saturated carbocycles. The maximum atomic E-state index is 12.1. The minimum Gasteiger partial charge on any atom is -0.373 e. The van der Waals surface area contributed by atoms with Gasteiger partial charge < -0.3 is 10.6 Å². The lowest BCUT2D eigenvalue weighted by Gasteiger charge is -2.11. The largest absolute Gasteiger partial charge is 0.373 e. The molecule has 1 heterocycles. The number of nitrogens with one attached hydrogen (secondary N) is 2. The lowest BCUT2D eigenvalue weighted by Crippen LogP contribution is -2.38. The molecule has 1 aliphatic heterocycles. The molecule has 2 N–H and O–H groups in total. The van der Waals surface area contributed by atoms with E-state index in [4.69, 9.17) is 0 Å². The predicted octanol–water partition coefficient (Wildman–Crippen LogP) is 3.06. The van der Waals surface area contributed by atoms with Gasteiger partial charge in [0.25, 0.3) is 0 Å². The average Bonchev–Trinajstić information content (AvgIpc) is 2.90. The minimum absolute atomic E-state index is 0.0936. The van der Waals surface area contributed by atoms with E-state index < -0.39 is 0 Å². The van der Waals surface area contributed by atoms with Crippen LogP contribution in [0.2, 0.25) is 0 Å². The number of fused-ring (bicyclic) bond motifs is 1. The zero-order valence-electron chi connectivity index (χ0n) is 12.2. The number of carbonyl (C=O) groups is 1. The van der Waals surface area contributed by atoms with Crippen LogP contribution in [0.5, 0.6) is 0 Å². The van der Waals surface area contributed by atoms with Gasteiger partial charge >= 0.3 is 0 Å². The third-order valence-electron chi connectivity index (χ3n) is 3.66. The van der Waals surface area contributed by atoms with Crippen LogP contribution in [0.4, 0.5) is 5.69 Å². The highest BCUT2D eigenvalue weighted by molar-refractivity contribution is 7.98. The van der Waals surface area contributed by atoms with Gasteiger partial charge in [-0.1, -0.05) is 31.0 Å². The quantitative estimate of drug-likeness (QED) is 0.724. The van der Waals surface area contributed by atoms with Gasteiger partial charge in [0.2, 0.25) is 5.91 Å². The van der Waals surface area contributed by atoms with Crippen molar-refractivity contribution >= 4 is 23.4 Å². The van der Waals surface area contributed by atoms with Crippen LogP contribution in [0.1, 0.15) is 31.2 Å². The Bertz CT molecular complexity index is 411. The Hall–Kier alpha value is -1.16. The number of para-hydroxylation sites is 1. The van der Waals surface area contributed by atoms with Crippen molar-refractivity contribution in [1.29, 1.82) is 0 Å². The van der Waals surface area contributed by atoms with E-state index in [-0.39, 0.29) is 11.9 Å². The summed E-state index contributed by atoms with van der Waals surface area (Å²) in [7, 11) is 0. The van der Waals surface area contributed by atoms with Gasteiger partial charge in [0.15, 0.2) is 0 Å². The number of rotatable bonds is 8. The molecular weight excluding hydrogens is 268 g/mol. The van der Waals surface area contributed by atoms with Crippen molar-refractivity contribution in [3.63, 3.8) is 0 Å². The van der Waals surface area contributed by atoms with Crippen LogP contribution in [0.15, 0.2) is 24.3 Å². The molecule has 0 fully saturated rings. The van der Waals surface area contributed by atoms with Crippen molar-refractivity contribution < 1.29 is 4.79 Å². The number of anilines is 1. The molecule has 0 saturated heterocycles. The van der Waals surface area contributed by atoms with Crippen LogP contribution in [0, 0.1) is 0 Å². The molecule has 110 valence electrons. The molecule has 4 heteroatoms. The standard InChI is InChI=1S/C16H24N2OS/c1-20-11-7-3-2-6-10-17-16(19)15-12-13-8-4-5-9-14(13)18-15/h4-5,8-9,15,18H,2-3,6-7,10-12H2,1H3,(H,17,19)/t15-/m0/s1. The lowest BCUT2D eigenvalue weighted by atomic mass is 10.1. The summed E-state index contributed by atoms with van der Waals surface area (Å²) in [6.07, 6.45) is 7.79. The maximum absolute atomic E-state index is 12.1. The third-order valence-corrected chi connectivity index (χ3v) is 4.36. The fourth-order valence-corrected chi connectivity index (χ4v) is 3.01. The van der Waals surface area contributed by atoms with Crippen LogP contribution in [-0.4, -0.2) is 30.5 Å². The van der Waals surface area contributed by atoms with Crippen molar-refractivity contribution in [3.8, 4) is 0 Å².